The molecule has 2 nitrogen and oxygen atoms in total. The highest BCUT2D eigenvalue weighted by Gasteiger charge is 2.21. The van der Waals surface area contributed by atoms with Crippen molar-refractivity contribution >= 4 is 11.3 Å². The Morgan fingerprint density at radius 3 is 2.67 bits per heavy atom. The lowest BCUT2D eigenvalue weighted by Gasteiger charge is -2.05. The van der Waals surface area contributed by atoms with Crippen LogP contribution in [0.3, 0.4) is 0 Å². The van der Waals surface area contributed by atoms with E-state index in [1.807, 2.05) is 11.3 Å². The van der Waals surface area contributed by atoms with E-state index in [0.29, 0.717) is 5.92 Å². The second-order valence-corrected chi connectivity index (χ2v) is 7.56. The summed E-state index contributed by atoms with van der Waals surface area (Å²) in [6.07, 6.45) is 4.73. The summed E-state index contributed by atoms with van der Waals surface area (Å²) in [5.74, 6) is 0.663. The van der Waals surface area contributed by atoms with Gasteiger partial charge in [0.1, 0.15) is 0 Å². The first-order valence-corrected chi connectivity index (χ1v) is 8.77. The molecule has 0 saturated heterocycles. The van der Waals surface area contributed by atoms with Crippen LogP contribution < -0.4 is 5.32 Å². The predicted octanol–water partition coefficient (Wildman–Crippen LogP) is 4.18. The van der Waals surface area contributed by atoms with Crippen LogP contribution in [0.25, 0.3) is 0 Å². The summed E-state index contributed by atoms with van der Waals surface area (Å²) in [4.78, 5) is 6.37. The van der Waals surface area contributed by atoms with Crippen molar-refractivity contribution in [2.75, 3.05) is 0 Å². The molecule has 0 unspecified atom stereocenters. The number of thiazole rings is 1. The summed E-state index contributed by atoms with van der Waals surface area (Å²) in [6, 6.07) is 11.4. The summed E-state index contributed by atoms with van der Waals surface area (Å²) < 4.78 is 0. The molecular formula is C18H24N2S. The van der Waals surface area contributed by atoms with Crippen LogP contribution in [-0.2, 0) is 19.4 Å². The van der Waals surface area contributed by atoms with E-state index in [2.05, 4.69) is 49.5 Å². The average molecular weight is 300 g/mol. The van der Waals surface area contributed by atoms with Crippen molar-refractivity contribution in [2.45, 2.75) is 52.1 Å². The molecule has 112 valence electrons. The fraction of sp³-hybridized carbons (Fsp3) is 0.500. The Kier molecular flexibility index (Phi) is 4.71. The van der Waals surface area contributed by atoms with Crippen molar-refractivity contribution in [1.29, 1.82) is 0 Å². The van der Waals surface area contributed by atoms with E-state index in [9.17, 15) is 0 Å². The zero-order chi connectivity index (χ0) is 14.7. The maximum Gasteiger partial charge on any atom is 0.0975 e. The number of aromatic nitrogens is 1. The lowest BCUT2D eigenvalue weighted by atomic mass is 10.1. The maximum absolute atomic E-state index is 4.92. The van der Waals surface area contributed by atoms with Crippen molar-refractivity contribution in [3.8, 4) is 0 Å². The highest BCUT2D eigenvalue weighted by atomic mass is 32.1. The van der Waals surface area contributed by atoms with Gasteiger partial charge in [-0.2, -0.15) is 0 Å². The van der Waals surface area contributed by atoms with Crippen LogP contribution in [0.15, 0.2) is 30.3 Å². The Morgan fingerprint density at radius 1 is 1.24 bits per heavy atom. The molecule has 2 aromatic rings. The molecule has 0 bridgehead atoms. The van der Waals surface area contributed by atoms with Gasteiger partial charge in [-0.3, -0.25) is 0 Å². The van der Waals surface area contributed by atoms with Gasteiger partial charge in [-0.15, -0.1) is 11.3 Å². The van der Waals surface area contributed by atoms with Crippen LogP contribution in [0.5, 0.6) is 0 Å². The lowest BCUT2D eigenvalue weighted by molar-refractivity contribution is 0.623. The van der Waals surface area contributed by atoms with Crippen LogP contribution in [0, 0.1) is 5.92 Å². The van der Waals surface area contributed by atoms with Gasteiger partial charge >= 0.3 is 0 Å². The summed E-state index contributed by atoms with van der Waals surface area (Å²) in [5.41, 5.74) is 2.66. The Balaban J connectivity index is 1.73. The fourth-order valence-electron chi connectivity index (χ4n) is 2.49. The summed E-state index contributed by atoms with van der Waals surface area (Å²) in [6.45, 7) is 5.54. The number of nitrogens with zero attached hydrogens (tertiary/aromatic N) is 1. The Labute approximate surface area is 131 Å². The molecule has 1 aliphatic rings. The molecule has 3 heteroatoms. The molecule has 1 heterocycles. The van der Waals surface area contributed by atoms with E-state index in [1.165, 1.54) is 34.0 Å². The molecular weight excluding hydrogens is 276 g/mol. The number of hydrogen-bond donors (Lipinski definition) is 1. The highest BCUT2D eigenvalue weighted by molar-refractivity contribution is 7.11. The molecule has 0 aliphatic heterocycles. The van der Waals surface area contributed by atoms with Crippen molar-refractivity contribution in [1.82, 2.24) is 10.3 Å². The van der Waals surface area contributed by atoms with Gasteiger partial charge in [-0.25, -0.2) is 4.98 Å². The molecule has 1 aromatic carbocycles. The molecule has 1 N–H and O–H groups in total. The first-order valence-electron chi connectivity index (χ1n) is 7.95. The molecule has 0 amide bonds. The quantitative estimate of drug-likeness (QED) is 0.829. The van der Waals surface area contributed by atoms with E-state index in [1.54, 1.807) is 0 Å². The average Bonchev–Trinajstić information content (AvgIpc) is 3.21. The minimum absolute atomic E-state index is 0.663. The third-order valence-corrected chi connectivity index (χ3v) is 4.85. The summed E-state index contributed by atoms with van der Waals surface area (Å²) >= 11 is 1.89. The molecule has 1 aliphatic carbocycles. The molecule has 3 rings (SSSR count). The summed E-state index contributed by atoms with van der Waals surface area (Å²) in [7, 11) is 0. The highest BCUT2D eigenvalue weighted by Crippen LogP contribution is 2.25. The smallest absolute Gasteiger partial charge is 0.0975 e. The van der Waals surface area contributed by atoms with Gasteiger partial charge in [-0.05, 0) is 30.7 Å². The largest absolute Gasteiger partial charge is 0.309 e. The third kappa shape index (κ3) is 4.39. The Bertz CT molecular complexity index is 570. The monoisotopic (exact) mass is 300 g/mol. The zero-order valence-electron chi connectivity index (χ0n) is 12.9. The normalized spacial score (nSPS) is 14.8. The standard InChI is InChI=1S/C18H24N2S/c1-13(2)10-16-17(12-19-15-8-9-15)21-18(20-16)11-14-6-4-3-5-7-14/h3-7,13,15,19H,8-12H2,1-2H3. The van der Waals surface area contributed by atoms with Crippen LogP contribution in [0.1, 0.15) is 47.8 Å². The van der Waals surface area contributed by atoms with Crippen LogP contribution >= 0.6 is 11.3 Å². The topological polar surface area (TPSA) is 24.9 Å². The second-order valence-electron chi connectivity index (χ2n) is 6.39. The van der Waals surface area contributed by atoms with Gasteiger partial charge in [0.2, 0.25) is 0 Å². The molecule has 0 radical (unpaired) electrons. The van der Waals surface area contributed by atoms with Crippen molar-refractivity contribution in [3.63, 3.8) is 0 Å². The maximum atomic E-state index is 4.92. The van der Waals surface area contributed by atoms with Crippen LogP contribution in [-0.4, -0.2) is 11.0 Å². The van der Waals surface area contributed by atoms with Gasteiger partial charge < -0.3 is 5.32 Å². The minimum Gasteiger partial charge on any atom is -0.309 e. The SMILES string of the molecule is CC(C)Cc1nc(Cc2ccccc2)sc1CNC1CC1. The number of rotatable bonds is 7. The van der Waals surface area contributed by atoms with Gasteiger partial charge in [0.15, 0.2) is 0 Å². The molecule has 1 saturated carbocycles. The Morgan fingerprint density at radius 2 is 2.00 bits per heavy atom. The van der Waals surface area contributed by atoms with Crippen LogP contribution in [0.2, 0.25) is 0 Å². The van der Waals surface area contributed by atoms with E-state index in [0.717, 1.165) is 25.4 Å². The lowest BCUT2D eigenvalue weighted by Crippen LogP contribution is -2.15. The first kappa shape index (κ1) is 14.7. The number of benzene rings is 1. The van der Waals surface area contributed by atoms with Crippen LogP contribution in [0.4, 0.5) is 0 Å². The van der Waals surface area contributed by atoms with Crippen molar-refractivity contribution < 1.29 is 0 Å². The van der Waals surface area contributed by atoms with E-state index >= 15 is 0 Å². The minimum atomic E-state index is 0.663. The van der Waals surface area contributed by atoms with E-state index < -0.39 is 0 Å². The predicted molar refractivity (Wildman–Crippen MR) is 89.8 cm³/mol. The van der Waals surface area contributed by atoms with E-state index in [-0.39, 0.29) is 0 Å². The Hall–Kier alpha value is -1.19. The number of nitrogens with one attached hydrogen (secondary N) is 1. The fourth-order valence-corrected chi connectivity index (χ4v) is 3.57. The van der Waals surface area contributed by atoms with E-state index in [4.69, 9.17) is 4.98 Å². The van der Waals surface area contributed by atoms with Gasteiger partial charge in [-0.1, -0.05) is 44.2 Å². The molecule has 1 fully saturated rings. The number of hydrogen-bond acceptors (Lipinski definition) is 3. The second kappa shape index (κ2) is 6.71. The van der Waals surface area contributed by atoms with Gasteiger partial charge in [0.05, 0.1) is 10.7 Å². The first-order chi connectivity index (χ1) is 10.2. The van der Waals surface area contributed by atoms with Gasteiger partial charge in [0, 0.05) is 23.9 Å². The third-order valence-electron chi connectivity index (χ3n) is 3.75. The summed E-state index contributed by atoms with van der Waals surface area (Å²) in [5, 5.41) is 4.89. The zero-order valence-corrected chi connectivity index (χ0v) is 13.7. The molecule has 0 spiro atoms. The molecule has 1 aromatic heterocycles. The van der Waals surface area contributed by atoms with Gasteiger partial charge in [0.25, 0.3) is 0 Å². The van der Waals surface area contributed by atoms with Crippen molar-refractivity contribution in [3.05, 3.63) is 51.5 Å². The van der Waals surface area contributed by atoms with Crippen molar-refractivity contribution in [2.24, 2.45) is 5.92 Å². The molecule has 21 heavy (non-hydrogen) atoms. The molecule has 0 atom stereocenters.